The number of aromatic nitrogens is 2. The normalized spacial score (nSPS) is 12.1. The van der Waals surface area contributed by atoms with Crippen molar-refractivity contribution in [2.24, 2.45) is 13.0 Å². The predicted molar refractivity (Wildman–Crippen MR) is 76.2 cm³/mol. The molecule has 0 spiro atoms. The van der Waals surface area contributed by atoms with Crippen molar-refractivity contribution in [3.8, 4) is 6.07 Å². The molecule has 0 aliphatic heterocycles. The number of nitrogens with two attached hydrogens (primary N) is 1. The maximum atomic E-state index is 12.7. The smallest absolute Gasteiger partial charge is 0.248 e. The second-order valence-corrected chi connectivity index (χ2v) is 6.96. The Balaban J connectivity index is 3.25. The number of hydrogen-bond acceptors (Lipinski definition) is 5. The molecule has 0 saturated heterocycles. The number of sulfonamides is 1. The third-order valence-corrected chi connectivity index (χ3v) is 4.98. The van der Waals surface area contributed by atoms with Gasteiger partial charge in [-0.2, -0.15) is 14.7 Å². The Morgan fingerprint density at radius 1 is 1.50 bits per heavy atom. The number of rotatable bonds is 6. The number of nitrogen functional groups attached to an aromatic ring is 1. The number of anilines is 1. The van der Waals surface area contributed by atoms with Gasteiger partial charge in [-0.25, -0.2) is 8.42 Å². The highest BCUT2D eigenvalue weighted by molar-refractivity contribution is 7.89. The summed E-state index contributed by atoms with van der Waals surface area (Å²) in [5.74, 6) is 0.150. The summed E-state index contributed by atoms with van der Waals surface area (Å²) in [6, 6.07) is 1.97. The fourth-order valence-corrected chi connectivity index (χ4v) is 3.85. The molecule has 1 aromatic heterocycles. The van der Waals surface area contributed by atoms with E-state index in [4.69, 9.17) is 11.0 Å². The van der Waals surface area contributed by atoms with E-state index in [9.17, 15) is 8.42 Å². The lowest BCUT2D eigenvalue weighted by molar-refractivity contribution is 0.373. The van der Waals surface area contributed by atoms with Crippen LogP contribution in [0.5, 0.6) is 0 Å². The van der Waals surface area contributed by atoms with Crippen LogP contribution in [0.15, 0.2) is 4.90 Å². The van der Waals surface area contributed by atoms with Crippen LogP contribution in [0, 0.1) is 24.2 Å². The lowest BCUT2D eigenvalue weighted by Crippen LogP contribution is -2.35. The molecule has 0 bridgehead atoms. The molecule has 0 fully saturated rings. The molecule has 0 saturated carbocycles. The molecule has 1 aromatic rings. The lowest BCUT2D eigenvalue weighted by atomic mass is 10.2. The largest absolute Gasteiger partial charge is 0.381 e. The van der Waals surface area contributed by atoms with Gasteiger partial charge in [-0.3, -0.25) is 4.68 Å². The Kier molecular flexibility index (Phi) is 5.14. The van der Waals surface area contributed by atoms with E-state index >= 15 is 0 Å². The monoisotopic (exact) mass is 299 g/mol. The van der Waals surface area contributed by atoms with Gasteiger partial charge in [-0.05, 0) is 12.8 Å². The maximum Gasteiger partial charge on any atom is 0.248 e. The molecule has 0 aromatic carbocycles. The van der Waals surface area contributed by atoms with E-state index < -0.39 is 10.0 Å². The number of nitriles is 1. The summed E-state index contributed by atoms with van der Waals surface area (Å²) >= 11 is 0. The van der Waals surface area contributed by atoms with Gasteiger partial charge in [0.25, 0.3) is 0 Å². The molecular weight excluding hydrogens is 278 g/mol. The van der Waals surface area contributed by atoms with Gasteiger partial charge in [-0.1, -0.05) is 13.8 Å². The first-order chi connectivity index (χ1) is 9.21. The van der Waals surface area contributed by atoms with Crippen LogP contribution in [0.3, 0.4) is 0 Å². The van der Waals surface area contributed by atoms with Crippen molar-refractivity contribution in [2.75, 3.05) is 18.8 Å². The number of aryl methyl sites for hydroxylation is 1. The second kappa shape index (κ2) is 6.24. The third-order valence-electron chi connectivity index (χ3n) is 2.94. The molecule has 112 valence electrons. The van der Waals surface area contributed by atoms with Crippen LogP contribution < -0.4 is 5.73 Å². The Labute approximate surface area is 120 Å². The van der Waals surface area contributed by atoms with E-state index in [-0.39, 0.29) is 29.6 Å². The average Bonchev–Trinajstić information content (AvgIpc) is 2.58. The molecule has 0 aliphatic carbocycles. The molecule has 0 atom stereocenters. The van der Waals surface area contributed by atoms with Gasteiger partial charge in [0, 0.05) is 26.6 Å². The maximum absolute atomic E-state index is 12.7. The molecule has 20 heavy (non-hydrogen) atoms. The Morgan fingerprint density at radius 2 is 2.10 bits per heavy atom. The third kappa shape index (κ3) is 3.29. The van der Waals surface area contributed by atoms with Gasteiger partial charge < -0.3 is 5.73 Å². The van der Waals surface area contributed by atoms with E-state index in [1.807, 2.05) is 19.9 Å². The molecule has 0 amide bonds. The minimum atomic E-state index is -3.73. The van der Waals surface area contributed by atoms with Crippen molar-refractivity contribution >= 4 is 15.8 Å². The van der Waals surface area contributed by atoms with E-state index in [0.29, 0.717) is 12.2 Å². The van der Waals surface area contributed by atoms with Crippen molar-refractivity contribution in [2.45, 2.75) is 32.1 Å². The van der Waals surface area contributed by atoms with Gasteiger partial charge in [0.05, 0.1) is 11.8 Å². The van der Waals surface area contributed by atoms with Crippen LogP contribution >= 0.6 is 0 Å². The summed E-state index contributed by atoms with van der Waals surface area (Å²) < 4.78 is 28.2. The van der Waals surface area contributed by atoms with E-state index in [0.717, 1.165) is 0 Å². The van der Waals surface area contributed by atoms with Crippen molar-refractivity contribution in [3.63, 3.8) is 0 Å². The van der Waals surface area contributed by atoms with Gasteiger partial charge in [0.1, 0.15) is 4.90 Å². The first-order valence-electron chi connectivity index (χ1n) is 6.38. The summed E-state index contributed by atoms with van der Waals surface area (Å²) in [6.45, 7) is 6.01. The molecule has 8 heteroatoms. The van der Waals surface area contributed by atoms with Crippen molar-refractivity contribution < 1.29 is 8.42 Å². The number of hydrogen-bond donors (Lipinski definition) is 1. The Bertz CT molecular complexity index is 613. The Morgan fingerprint density at radius 3 is 2.50 bits per heavy atom. The summed E-state index contributed by atoms with van der Waals surface area (Å²) in [5.41, 5.74) is 6.22. The van der Waals surface area contributed by atoms with Crippen LogP contribution in [0.4, 0.5) is 5.82 Å². The molecule has 2 N–H and O–H groups in total. The zero-order valence-electron chi connectivity index (χ0n) is 12.3. The topological polar surface area (TPSA) is 105 Å². The van der Waals surface area contributed by atoms with Crippen molar-refractivity contribution in [1.82, 2.24) is 14.1 Å². The van der Waals surface area contributed by atoms with E-state index in [1.165, 1.54) is 8.99 Å². The first kappa shape index (κ1) is 16.5. The SMILES string of the molecule is Cc1c(S(=O)(=O)N(CCC#N)CC(C)C)c(N)nn1C. The number of nitrogens with zero attached hydrogens (tertiary/aromatic N) is 4. The van der Waals surface area contributed by atoms with E-state index in [2.05, 4.69) is 5.10 Å². The molecule has 1 heterocycles. The molecule has 0 unspecified atom stereocenters. The van der Waals surface area contributed by atoms with Crippen LogP contribution in [-0.2, 0) is 17.1 Å². The minimum Gasteiger partial charge on any atom is -0.381 e. The van der Waals surface area contributed by atoms with Gasteiger partial charge >= 0.3 is 0 Å². The zero-order chi connectivity index (χ0) is 15.5. The summed E-state index contributed by atoms with van der Waals surface area (Å²) in [5, 5.41) is 12.6. The highest BCUT2D eigenvalue weighted by atomic mass is 32.2. The summed E-state index contributed by atoms with van der Waals surface area (Å²) in [4.78, 5) is 0.0404. The lowest BCUT2D eigenvalue weighted by Gasteiger charge is -2.23. The highest BCUT2D eigenvalue weighted by Crippen LogP contribution is 2.25. The highest BCUT2D eigenvalue weighted by Gasteiger charge is 2.31. The molecule has 0 radical (unpaired) electrons. The second-order valence-electron chi connectivity index (χ2n) is 5.09. The average molecular weight is 299 g/mol. The zero-order valence-corrected chi connectivity index (χ0v) is 13.1. The minimum absolute atomic E-state index is 0.00397. The molecule has 0 aliphatic rings. The van der Waals surface area contributed by atoms with Crippen molar-refractivity contribution in [1.29, 1.82) is 5.26 Å². The fourth-order valence-electron chi connectivity index (χ4n) is 1.95. The van der Waals surface area contributed by atoms with Gasteiger partial charge in [0.15, 0.2) is 5.82 Å². The summed E-state index contributed by atoms with van der Waals surface area (Å²) in [7, 11) is -2.09. The van der Waals surface area contributed by atoms with Crippen LogP contribution in [0.1, 0.15) is 26.0 Å². The first-order valence-corrected chi connectivity index (χ1v) is 7.82. The van der Waals surface area contributed by atoms with E-state index in [1.54, 1.807) is 14.0 Å². The Hall–Kier alpha value is -1.59. The van der Waals surface area contributed by atoms with Gasteiger partial charge in [-0.15, -0.1) is 0 Å². The molecule has 1 rings (SSSR count). The van der Waals surface area contributed by atoms with Crippen LogP contribution in [0.25, 0.3) is 0 Å². The fraction of sp³-hybridized carbons (Fsp3) is 0.667. The van der Waals surface area contributed by atoms with Crippen LogP contribution in [0.2, 0.25) is 0 Å². The van der Waals surface area contributed by atoms with Crippen LogP contribution in [-0.4, -0.2) is 35.6 Å². The van der Waals surface area contributed by atoms with Crippen molar-refractivity contribution in [3.05, 3.63) is 5.69 Å². The summed E-state index contributed by atoms with van der Waals surface area (Å²) in [6.07, 6.45) is 0.144. The standard InChI is InChI=1S/C12H21N5O2S/c1-9(2)8-17(7-5-6-13)20(18,19)11-10(3)16(4)15-12(11)14/h9H,5,7-8H2,1-4H3,(H2,14,15). The molecular formula is C12H21N5O2S. The predicted octanol–water partition coefficient (Wildman–Crippen LogP) is 0.871. The molecule has 7 nitrogen and oxygen atoms in total. The quantitative estimate of drug-likeness (QED) is 0.839. The van der Waals surface area contributed by atoms with Gasteiger partial charge in [0.2, 0.25) is 10.0 Å².